The summed E-state index contributed by atoms with van der Waals surface area (Å²) in [6, 6.07) is 0. The van der Waals surface area contributed by atoms with Gasteiger partial charge in [-0.3, -0.25) is 0 Å². The molecule has 9 heavy (non-hydrogen) atoms. The van der Waals surface area contributed by atoms with E-state index in [1.807, 2.05) is 13.8 Å². The van der Waals surface area contributed by atoms with Crippen molar-refractivity contribution >= 4 is 25.3 Å². The van der Waals surface area contributed by atoms with Crippen molar-refractivity contribution in [3.63, 3.8) is 0 Å². The lowest BCUT2D eigenvalue weighted by Crippen LogP contribution is -1.83. The third-order valence-corrected chi connectivity index (χ3v) is 1.10. The van der Waals surface area contributed by atoms with Gasteiger partial charge in [0.25, 0.3) is 0 Å². The maximum absolute atomic E-state index is 4.02. The van der Waals surface area contributed by atoms with E-state index in [0.717, 1.165) is 11.7 Å². The molecule has 0 saturated carbocycles. The average molecular weight is 166 g/mol. The normalized spacial score (nSPS) is 9.33. The minimum Gasteiger partial charge on any atom is -0.179 e. The molecule has 0 bridgehead atoms. The van der Waals surface area contributed by atoms with Crippen molar-refractivity contribution in [1.82, 2.24) is 0 Å². The van der Waals surface area contributed by atoms with Gasteiger partial charge in [-0.15, -0.1) is 0 Å². The molecule has 0 spiro atoms. The molecule has 0 saturated heterocycles. The van der Waals surface area contributed by atoms with Crippen molar-refractivity contribution in [3.8, 4) is 0 Å². The molecule has 0 aliphatic carbocycles. The predicted octanol–water partition coefficient (Wildman–Crippen LogP) is 2.90. The largest absolute Gasteiger partial charge is 0.179 e. The summed E-state index contributed by atoms with van der Waals surface area (Å²) in [4.78, 5) is 0. The highest BCUT2D eigenvalue weighted by Crippen LogP contribution is 1.90. The van der Waals surface area contributed by atoms with Gasteiger partial charge in [0.05, 0.1) is 0 Å². The van der Waals surface area contributed by atoms with Gasteiger partial charge < -0.3 is 0 Å². The Labute approximate surface area is 70.2 Å². The standard InChI is InChI=1S/C4H10S.C3H8S/c1-4(2)3-5;1-3(2)4/h4-5H,3H2,1-2H3;3-4H,1-2H3. The highest BCUT2D eigenvalue weighted by atomic mass is 32.1. The maximum atomic E-state index is 4.02. The van der Waals surface area contributed by atoms with Crippen LogP contribution in [0.5, 0.6) is 0 Å². The van der Waals surface area contributed by atoms with E-state index in [2.05, 4.69) is 39.1 Å². The van der Waals surface area contributed by atoms with E-state index in [1.165, 1.54) is 0 Å². The van der Waals surface area contributed by atoms with E-state index < -0.39 is 0 Å². The van der Waals surface area contributed by atoms with Crippen molar-refractivity contribution in [2.75, 3.05) is 5.75 Å². The lowest BCUT2D eigenvalue weighted by molar-refractivity contribution is 0.753. The third kappa shape index (κ3) is 53.6. The Kier molecular flexibility index (Phi) is 12.0. The van der Waals surface area contributed by atoms with Crippen LogP contribution in [0.15, 0.2) is 0 Å². The van der Waals surface area contributed by atoms with Crippen LogP contribution in [0.1, 0.15) is 27.7 Å². The summed E-state index contributed by atoms with van der Waals surface area (Å²) in [5.74, 6) is 1.75. The summed E-state index contributed by atoms with van der Waals surface area (Å²) >= 11 is 7.98. The molecule has 0 heterocycles. The van der Waals surface area contributed by atoms with E-state index in [-0.39, 0.29) is 0 Å². The lowest BCUT2D eigenvalue weighted by atomic mass is 10.3. The molecule has 0 unspecified atom stereocenters. The van der Waals surface area contributed by atoms with Crippen LogP contribution in [0.25, 0.3) is 0 Å². The van der Waals surface area contributed by atoms with Crippen molar-refractivity contribution in [3.05, 3.63) is 0 Å². The van der Waals surface area contributed by atoms with Gasteiger partial charge in [0.2, 0.25) is 0 Å². The number of rotatable bonds is 1. The van der Waals surface area contributed by atoms with Gasteiger partial charge in [-0.25, -0.2) is 0 Å². The Bertz CT molecular complexity index is 39.4. The Hall–Kier alpha value is 0.700. The van der Waals surface area contributed by atoms with Crippen LogP contribution in [0.2, 0.25) is 0 Å². The minimum absolute atomic E-state index is 0.528. The van der Waals surface area contributed by atoms with Gasteiger partial charge in [0.1, 0.15) is 0 Å². The van der Waals surface area contributed by atoms with Crippen LogP contribution in [0.3, 0.4) is 0 Å². The molecule has 0 aliphatic heterocycles. The van der Waals surface area contributed by atoms with Crippen LogP contribution in [-0.2, 0) is 0 Å². The molecule has 0 N–H and O–H groups in total. The van der Waals surface area contributed by atoms with Gasteiger partial charge in [-0.1, -0.05) is 27.7 Å². The number of hydrogen-bond donors (Lipinski definition) is 2. The smallest absolute Gasteiger partial charge is 0.00399 e. The quantitative estimate of drug-likeness (QED) is 0.550. The molecule has 0 aromatic carbocycles. The van der Waals surface area contributed by atoms with Crippen molar-refractivity contribution in [2.24, 2.45) is 5.92 Å². The van der Waals surface area contributed by atoms with Crippen molar-refractivity contribution < 1.29 is 0 Å². The summed E-state index contributed by atoms with van der Waals surface area (Å²) in [7, 11) is 0. The van der Waals surface area contributed by atoms with Crippen LogP contribution in [-0.4, -0.2) is 11.0 Å². The average Bonchev–Trinajstić information content (AvgIpc) is 1.65. The second-order valence-corrected chi connectivity index (χ2v) is 4.07. The zero-order chi connectivity index (χ0) is 7.86. The molecule has 0 aliphatic rings. The number of thiol groups is 2. The monoisotopic (exact) mass is 166 g/mol. The van der Waals surface area contributed by atoms with Gasteiger partial charge in [0, 0.05) is 0 Å². The predicted molar refractivity (Wildman–Crippen MR) is 52.8 cm³/mol. The number of hydrogen-bond acceptors (Lipinski definition) is 2. The second kappa shape index (κ2) is 8.70. The summed E-state index contributed by atoms with van der Waals surface area (Å²) in [5, 5.41) is 0.528. The van der Waals surface area contributed by atoms with Crippen LogP contribution < -0.4 is 0 Å². The van der Waals surface area contributed by atoms with E-state index in [0.29, 0.717) is 5.25 Å². The first-order valence-corrected chi connectivity index (χ1v) is 4.44. The fraction of sp³-hybridized carbons (Fsp3) is 1.00. The third-order valence-electron chi connectivity index (χ3n) is 0.365. The zero-order valence-corrected chi connectivity index (χ0v) is 8.55. The second-order valence-electron chi connectivity index (χ2n) is 2.67. The van der Waals surface area contributed by atoms with Gasteiger partial charge in [-0.2, -0.15) is 25.3 Å². The van der Waals surface area contributed by atoms with Gasteiger partial charge in [-0.05, 0) is 16.9 Å². The highest BCUT2D eigenvalue weighted by molar-refractivity contribution is 7.80. The van der Waals surface area contributed by atoms with E-state index >= 15 is 0 Å². The van der Waals surface area contributed by atoms with Gasteiger partial charge in [0.15, 0.2) is 0 Å². The van der Waals surface area contributed by atoms with Crippen molar-refractivity contribution in [2.45, 2.75) is 32.9 Å². The molecule has 58 valence electrons. The Morgan fingerprint density at radius 3 is 1.22 bits per heavy atom. The SMILES string of the molecule is CC(C)CS.CC(C)S. The lowest BCUT2D eigenvalue weighted by Gasteiger charge is -1.89. The molecule has 0 nitrogen and oxygen atoms in total. The van der Waals surface area contributed by atoms with Crippen LogP contribution in [0, 0.1) is 5.92 Å². The molecule has 0 aromatic rings. The van der Waals surface area contributed by atoms with Crippen molar-refractivity contribution in [1.29, 1.82) is 0 Å². The topological polar surface area (TPSA) is 0 Å². The first-order chi connectivity index (χ1) is 4.00. The first-order valence-electron chi connectivity index (χ1n) is 3.29. The first kappa shape index (κ1) is 12.4. The summed E-state index contributed by atoms with van der Waals surface area (Å²) in [6.45, 7) is 8.35. The summed E-state index contributed by atoms with van der Waals surface area (Å²) < 4.78 is 0. The van der Waals surface area contributed by atoms with Crippen LogP contribution in [0.4, 0.5) is 0 Å². The Morgan fingerprint density at radius 2 is 1.22 bits per heavy atom. The highest BCUT2D eigenvalue weighted by Gasteiger charge is 1.80. The van der Waals surface area contributed by atoms with E-state index in [4.69, 9.17) is 0 Å². The van der Waals surface area contributed by atoms with E-state index in [9.17, 15) is 0 Å². The molecule has 0 rings (SSSR count). The molecular weight excluding hydrogens is 148 g/mol. The summed E-state index contributed by atoms with van der Waals surface area (Å²) in [6.07, 6.45) is 0. The zero-order valence-electron chi connectivity index (χ0n) is 6.76. The molecular formula is C7H18S2. The Balaban J connectivity index is 0. The van der Waals surface area contributed by atoms with Crippen LogP contribution >= 0.6 is 25.3 Å². The molecule has 0 atom stereocenters. The molecule has 0 radical (unpaired) electrons. The fourth-order valence-corrected chi connectivity index (χ4v) is 0. The molecule has 0 aromatic heterocycles. The summed E-state index contributed by atoms with van der Waals surface area (Å²) in [5.41, 5.74) is 0. The molecule has 0 amide bonds. The fourth-order valence-electron chi connectivity index (χ4n) is 0. The molecule has 0 fully saturated rings. The maximum Gasteiger partial charge on any atom is -0.00399 e. The minimum atomic E-state index is 0.528. The Morgan fingerprint density at radius 1 is 1.11 bits per heavy atom. The van der Waals surface area contributed by atoms with Gasteiger partial charge >= 0.3 is 0 Å². The molecule has 2 heteroatoms. The van der Waals surface area contributed by atoms with E-state index in [1.54, 1.807) is 0 Å².